The van der Waals surface area contributed by atoms with E-state index < -0.39 is 0 Å². The monoisotopic (exact) mass is 339 g/mol. The molecule has 1 N–H and O–H groups in total. The third-order valence-electron chi connectivity index (χ3n) is 4.94. The summed E-state index contributed by atoms with van der Waals surface area (Å²) in [6.45, 7) is 2.29. The van der Waals surface area contributed by atoms with Gasteiger partial charge in [0.25, 0.3) is 0 Å². The minimum absolute atomic E-state index is 0.0193. The van der Waals surface area contributed by atoms with E-state index in [0.717, 1.165) is 32.5 Å². The van der Waals surface area contributed by atoms with E-state index >= 15 is 0 Å². The second-order valence-electron chi connectivity index (χ2n) is 6.56. The molecule has 4 heterocycles. The molecule has 2 aliphatic heterocycles. The molecule has 2 aliphatic rings. The van der Waals surface area contributed by atoms with Gasteiger partial charge in [-0.05, 0) is 30.5 Å². The van der Waals surface area contributed by atoms with Crippen molar-refractivity contribution >= 4 is 11.7 Å². The highest BCUT2D eigenvalue weighted by molar-refractivity contribution is 5.91. The number of hydrogen-bond acceptors (Lipinski definition) is 6. The number of pyridine rings is 1. The highest BCUT2D eigenvalue weighted by atomic mass is 16.5. The molecular weight excluding hydrogens is 318 g/mol. The molecule has 0 bridgehead atoms. The lowest BCUT2D eigenvalue weighted by Crippen LogP contribution is -2.51. The fourth-order valence-electron chi connectivity index (χ4n) is 3.74. The SMILES string of the molecule is O=C(Nc1cnccn1)[C@@H]1C[C@H]2OCC[C@H]2N(Cc2ccncc2)C1. The standard InChI is InChI=1S/C18H21N5O2/c24-18(22-17-10-20-6-7-21-17)14-9-16-15(3-8-25-16)23(12-14)11-13-1-4-19-5-2-13/h1-2,4-7,10,14-16H,3,8-9,11-12H2,(H,21,22,24)/t14-,15-,16-/m1/s1. The predicted octanol–water partition coefficient (Wildman–Crippen LogP) is 1.49. The smallest absolute Gasteiger partial charge is 0.230 e. The van der Waals surface area contributed by atoms with Gasteiger partial charge in [-0.25, -0.2) is 4.98 Å². The largest absolute Gasteiger partial charge is 0.377 e. The molecule has 25 heavy (non-hydrogen) atoms. The Morgan fingerprint density at radius 1 is 1.24 bits per heavy atom. The number of ether oxygens (including phenoxy) is 1. The molecule has 0 aromatic carbocycles. The molecule has 2 fully saturated rings. The number of aromatic nitrogens is 3. The van der Waals surface area contributed by atoms with Crippen molar-refractivity contribution in [2.75, 3.05) is 18.5 Å². The number of anilines is 1. The number of rotatable bonds is 4. The number of nitrogens with one attached hydrogen (secondary N) is 1. The molecule has 0 aliphatic carbocycles. The third-order valence-corrected chi connectivity index (χ3v) is 4.94. The molecule has 1 amide bonds. The van der Waals surface area contributed by atoms with Crippen molar-refractivity contribution in [1.29, 1.82) is 0 Å². The molecule has 7 heteroatoms. The summed E-state index contributed by atoms with van der Waals surface area (Å²) in [4.78, 5) is 27.2. The van der Waals surface area contributed by atoms with Crippen LogP contribution in [0.15, 0.2) is 43.1 Å². The lowest BCUT2D eigenvalue weighted by molar-refractivity contribution is -0.124. The van der Waals surface area contributed by atoms with Gasteiger partial charge in [0, 0.05) is 50.5 Å². The molecule has 130 valence electrons. The Labute approximate surface area is 146 Å². The first kappa shape index (κ1) is 16.1. The normalized spacial score (nSPS) is 26.2. The minimum atomic E-state index is -0.122. The topological polar surface area (TPSA) is 80.2 Å². The van der Waals surface area contributed by atoms with Crippen LogP contribution in [0.2, 0.25) is 0 Å². The van der Waals surface area contributed by atoms with Gasteiger partial charge < -0.3 is 10.1 Å². The maximum absolute atomic E-state index is 12.7. The predicted molar refractivity (Wildman–Crippen MR) is 91.6 cm³/mol. The van der Waals surface area contributed by atoms with Gasteiger partial charge in [-0.1, -0.05) is 0 Å². The van der Waals surface area contributed by atoms with Crippen LogP contribution in [0.25, 0.3) is 0 Å². The van der Waals surface area contributed by atoms with E-state index in [1.54, 1.807) is 31.0 Å². The van der Waals surface area contributed by atoms with Crippen LogP contribution in [0.3, 0.4) is 0 Å². The summed E-state index contributed by atoms with van der Waals surface area (Å²) in [6, 6.07) is 4.43. The maximum Gasteiger partial charge on any atom is 0.230 e. The molecule has 0 radical (unpaired) electrons. The summed E-state index contributed by atoms with van der Waals surface area (Å²) < 4.78 is 5.89. The Kier molecular flexibility index (Phi) is 4.67. The number of carbonyl (C=O) groups is 1. The second-order valence-corrected chi connectivity index (χ2v) is 6.56. The average molecular weight is 339 g/mol. The molecular formula is C18H21N5O2. The van der Waals surface area contributed by atoms with Crippen LogP contribution in [-0.4, -0.2) is 51.1 Å². The minimum Gasteiger partial charge on any atom is -0.377 e. The highest BCUT2D eigenvalue weighted by Gasteiger charge is 2.42. The van der Waals surface area contributed by atoms with Crippen molar-refractivity contribution in [3.8, 4) is 0 Å². The van der Waals surface area contributed by atoms with Crippen molar-refractivity contribution in [2.24, 2.45) is 5.92 Å². The van der Waals surface area contributed by atoms with Crippen LogP contribution in [0.1, 0.15) is 18.4 Å². The van der Waals surface area contributed by atoms with Crippen LogP contribution < -0.4 is 5.32 Å². The van der Waals surface area contributed by atoms with Gasteiger partial charge in [0.05, 0.1) is 18.2 Å². The van der Waals surface area contributed by atoms with Gasteiger partial charge in [0.2, 0.25) is 5.91 Å². The maximum atomic E-state index is 12.7. The Morgan fingerprint density at radius 2 is 2.12 bits per heavy atom. The summed E-state index contributed by atoms with van der Waals surface area (Å²) in [6.07, 6.45) is 10.2. The molecule has 3 atom stereocenters. The van der Waals surface area contributed by atoms with Crippen LogP contribution in [0.4, 0.5) is 5.82 Å². The first-order chi connectivity index (χ1) is 12.3. The molecule has 7 nitrogen and oxygen atoms in total. The van der Waals surface area contributed by atoms with E-state index in [2.05, 4.69) is 25.2 Å². The lowest BCUT2D eigenvalue weighted by atomic mass is 9.89. The van der Waals surface area contributed by atoms with Gasteiger partial charge in [-0.3, -0.25) is 19.7 Å². The van der Waals surface area contributed by atoms with Crippen molar-refractivity contribution in [1.82, 2.24) is 19.9 Å². The first-order valence-corrected chi connectivity index (χ1v) is 8.61. The highest BCUT2D eigenvalue weighted by Crippen LogP contribution is 2.32. The zero-order chi connectivity index (χ0) is 17.1. The van der Waals surface area contributed by atoms with Gasteiger partial charge >= 0.3 is 0 Å². The fraction of sp³-hybridized carbons (Fsp3) is 0.444. The molecule has 2 aromatic rings. The summed E-state index contributed by atoms with van der Waals surface area (Å²) in [5.74, 6) is 0.347. The summed E-state index contributed by atoms with van der Waals surface area (Å²) in [7, 11) is 0. The van der Waals surface area contributed by atoms with E-state index in [0.29, 0.717) is 11.9 Å². The van der Waals surface area contributed by atoms with Crippen LogP contribution >= 0.6 is 0 Å². The van der Waals surface area contributed by atoms with Crippen molar-refractivity contribution in [2.45, 2.75) is 31.5 Å². The number of carbonyl (C=O) groups excluding carboxylic acids is 1. The van der Waals surface area contributed by atoms with Crippen LogP contribution in [0, 0.1) is 5.92 Å². The van der Waals surface area contributed by atoms with Crippen LogP contribution in [-0.2, 0) is 16.1 Å². The van der Waals surface area contributed by atoms with Gasteiger partial charge in [0.15, 0.2) is 5.82 Å². The second kappa shape index (κ2) is 7.25. The Balaban J connectivity index is 1.47. The van der Waals surface area contributed by atoms with E-state index in [1.807, 2.05) is 12.1 Å². The molecule has 0 saturated carbocycles. The summed E-state index contributed by atoms with van der Waals surface area (Å²) in [5.41, 5.74) is 1.20. The molecule has 0 unspecified atom stereocenters. The van der Waals surface area contributed by atoms with E-state index in [1.165, 1.54) is 5.56 Å². The van der Waals surface area contributed by atoms with E-state index in [-0.39, 0.29) is 17.9 Å². The summed E-state index contributed by atoms with van der Waals surface area (Å²) in [5, 5.41) is 2.87. The number of fused-ring (bicyclic) bond motifs is 1. The Bertz CT molecular complexity index is 712. The fourth-order valence-corrected chi connectivity index (χ4v) is 3.74. The Hall–Kier alpha value is -2.38. The molecule has 0 spiro atoms. The number of likely N-dealkylation sites (tertiary alicyclic amines) is 1. The zero-order valence-corrected chi connectivity index (χ0v) is 13.9. The van der Waals surface area contributed by atoms with E-state index in [9.17, 15) is 4.79 Å². The van der Waals surface area contributed by atoms with E-state index in [4.69, 9.17) is 4.74 Å². The van der Waals surface area contributed by atoms with Gasteiger partial charge in [0.1, 0.15) is 0 Å². The van der Waals surface area contributed by atoms with Crippen molar-refractivity contribution in [3.05, 3.63) is 48.7 Å². The number of nitrogens with zero attached hydrogens (tertiary/aromatic N) is 4. The average Bonchev–Trinajstić information content (AvgIpc) is 3.12. The number of piperidine rings is 1. The Morgan fingerprint density at radius 3 is 2.92 bits per heavy atom. The molecule has 2 aromatic heterocycles. The zero-order valence-electron chi connectivity index (χ0n) is 13.9. The first-order valence-electron chi connectivity index (χ1n) is 8.61. The van der Waals surface area contributed by atoms with Gasteiger partial charge in [-0.2, -0.15) is 0 Å². The van der Waals surface area contributed by atoms with Crippen LogP contribution in [0.5, 0.6) is 0 Å². The third kappa shape index (κ3) is 3.67. The van der Waals surface area contributed by atoms with Gasteiger partial charge in [-0.15, -0.1) is 0 Å². The summed E-state index contributed by atoms with van der Waals surface area (Å²) >= 11 is 0. The van der Waals surface area contributed by atoms with Crippen molar-refractivity contribution in [3.63, 3.8) is 0 Å². The number of amides is 1. The number of hydrogen-bond donors (Lipinski definition) is 1. The molecule has 2 saturated heterocycles. The van der Waals surface area contributed by atoms with Crippen molar-refractivity contribution < 1.29 is 9.53 Å². The quantitative estimate of drug-likeness (QED) is 0.909. The molecule has 4 rings (SSSR count). The lowest BCUT2D eigenvalue weighted by Gasteiger charge is -2.40.